The zero-order chi connectivity index (χ0) is 21.9. The first-order chi connectivity index (χ1) is 15.7. The summed E-state index contributed by atoms with van der Waals surface area (Å²) < 4.78 is 1.93. The Labute approximate surface area is 189 Å². The molecule has 4 aromatic rings. The third-order valence-electron chi connectivity index (χ3n) is 6.05. The van der Waals surface area contributed by atoms with E-state index >= 15 is 0 Å². The molecule has 2 heterocycles. The van der Waals surface area contributed by atoms with Crippen molar-refractivity contribution in [2.75, 3.05) is 6.54 Å². The van der Waals surface area contributed by atoms with Crippen molar-refractivity contribution in [2.24, 2.45) is 4.99 Å². The zero-order valence-electron chi connectivity index (χ0n) is 18.2. The van der Waals surface area contributed by atoms with Gasteiger partial charge in [-0.05, 0) is 40.8 Å². The minimum Gasteiger partial charge on any atom is -0.494 e. The average Bonchev–Trinajstić information content (AvgIpc) is 3.01. The van der Waals surface area contributed by atoms with E-state index in [4.69, 9.17) is 4.99 Å². The van der Waals surface area contributed by atoms with E-state index in [0.717, 1.165) is 29.0 Å². The second-order valence-corrected chi connectivity index (χ2v) is 8.31. The summed E-state index contributed by atoms with van der Waals surface area (Å²) in [5.74, 6) is 0.289. The molecule has 0 aliphatic carbocycles. The SMILES string of the molecule is Cc1ccccc1C1=Cn2c(cc(Cc3ccccc3)c2O)C(Cc2ccccc2)=NC1. The molecule has 158 valence electrons. The smallest absolute Gasteiger partial charge is 0.199 e. The second kappa shape index (κ2) is 8.72. The topological polar surface area (TPSA) is 37.5 Å². The largest absolute Gasteiger partial charge is 0.494 e. The van der Waals surface area contributed by atoms with Gasteiger partial charge in [0.25, 0.3) is 0 Å². The lowest BCUT2D eigenvalue weighted by Crippen LogP contribution is -2.09. The molecule has 0 radical (unpaired) electrons. The second-order valence-electron chi connectivity index (χ2n) is 8.31. The van der Waals surface area contributed by atoms with E-state index in [0.29, 0.717) is 13.0 Å². The van der Waals surface area contributed by atoms with Gasteiger partial charge in [0.15, 0.2) is 5.88 Å². The highest BCUT2D eigenvalue weighted by atomic mass is 16.3. The quantitative estimate of drug-likeness (QED) is 0.415. The van der Waals surface area contributed by atoms with E-state index in [1.54, 1.807) is 0 Å². The maximum Gasteiger partial charge on any atom is 0.199 e. The molecule has 1 aliphatic heterocycles. The van der Waals surface area contributed by atoms with Gasteiger partial charge in [0, 0.05) is 24.6 Å². The summed E-state index contributed by atoms with van der Waals surface area (Å²) in [4.78, 5) is 5.04. The van der Waals surface area contributed by atoms with Gasteiger partial charge in [-0.2, -0.15) is 0 Å². The van der Waals surface area contributed by atoms with Gasteiger partial charge < -0.3 is 5.11 Å². The number of aromatic nitrogens is 1. The summed E-state index contributed by atoms with van der Waals surface area (Å²) in [5, 5.41) is 11.2. The molecule has 0 atom stereocenters. The number of aryl methyl sites for hydroxylation is 1. The Morgan fingerprint density at radius 2 is 1.44 bits per heavy atom. The predicted octanol–water partition coefficient (Wildman–Crippen LogP) is 6.14. The Bertz CT molecular complexity index is 1300. The van der Waals surface area contributed by atoms with Crippen molar-refractivity contribution in [1.29, 1.82) is 0 Å². The fourth-order valence-corrected chi connectivity index (χ4v) is 4.35. The van der Waals surface area contributed by atoms with Gasteiger partial charge in [0.1, 0.15) is 0 Å². The fourth-order valence-electron chi connectivity index (χ4n) is 4.35. The molecule has 0 fully saturated rings. The number of hydrogen-bond donors (Lipinski definition) is 1. The third kappa shape index (κ3) is 4.02. The molecule has 5 rings (SSSR count). The maximum atomic E-state index is 11.2. The molecule has 1 aliphatic rings. The van der Waals surface area contributed by atoms with Crippen molar-refractivity contribution >= 4 is 17.5 Å². The van der Waals surface area contributed by atoms with Crippen LogP contribution in [-0.2, 0) is 12.8 Å². The molecule has 0 saturated heterocycles. The van der Waals surface area contributed by atoms with Gasteiger partial charge in [0.2, 0.25) is 0 Å². The molecular weight excluding hydrogens is 392 g/mol. The first-order valence-corrected chi connectivity index (χ1v) is 11.0. The third-order valence-corrected chi connectivity index (χ3v) is 6.05. The number of benzene rings is 3. The Morgan fingerprint density at radius 1 is 0.812 bits per heavy atom. The lowest BCUT2D eigenvalue weighted by Gasteiger charge is -2.09. The van der Waals surface area contributed by atoms with Crippen LogP contribution < -0.4 is 0 Å². The van der Waals surface area contributed by atoms with E-state index < -0.39 is 0 Å². The number of aromatic hydroxyl groups is 1. The van der Waals surface area contributed by atoms with Crippen LogP contribution in [0.1, 0.15) is 33.5 Å². The molecule has 0 unspecified atom stereocenters. The van der Waals surface area contributed by atoms with Crippen molar-refractivity contribution in [2.45, 2.75) is 19.8 Å². The molecule has 0 amide bonds. The number of aliphatic imine (C=N–C) groups is 1. The highest BCUT2D eigenvalue weighted by Crippen LogP contribution is 2.32. The highest BCUT2D eigenvalue weighted by molar-refractivity contribution is 6.04. The Kier molecular flexibility index (Phi) is 5.47. The molecule has 1 aromatic heterocycles. The van der Waals surface area contributed by atoms with Gasteiger partial charge >= 0.3 is 0 Å². The molecule has 3 nitrogen and oxygen atoms in total. The summed E-state index contributed by atoms with van der Waals surface area (Å²) in [6.07, 6.45) is 3.46. The number of fused-ring (bicyclic) bond motifs is 1. The summed E-state index contributed by atoms with van der Waals surface area (Å²) >= 11 is 0. The summed E-state index contributed by atoms with van der Waals surface area (Å²) in [6.45, 7) is 2.70. The van der Waals surface area contributed by atoms with Crippen molar-refractivity contribution in [3.8, 4) is 5.88 Å². The molecule has 3 heteroatoms. The van der Waals surface area contributed by atoms with Crippen LogP contribution in [0.2, 0.25) is 0 Å². The molecule has 0 bridgehead atoms. The van der Waals surface area contributed by atoms with Crippen LogP contribution in [0.5, 0.6) is 5.88 Å². The molecule has 32 heavy (non-hydrogen) atoms. The van der Waals surface area contributed by atoms with Crippen molar-refractivity contribution in [3.05, 3.63) is 125 Å². The van der Waals surface area contributed by atoms with Crippen LogP contribution in [-0.4, -0.2) is 21.9 Å². The van der Waals surface area contributed by atoms with Crippen LogP contribution in [0.15, 0.2) is 96.0 Å². The Hall–Kier alpha value is -3.85. The summed E-state index contributed by atoms with van der Waals surface area (Å²) in [7, 11) is 0. The van der Waals surface area contributed by atoms with Gasteiger partial charge in [-0.1, -0.05) is 84.9 Å². The highest BCUT2D eigenvalue weighted by Gasteiger charge is 2.21. The summed E-state index contributed by atoms with van der Waals surface area (Å²) in [6, 6.07) is 31.1. The number of hydrogen-bond acceptors (Lipinski definition) is 2. The standard InChI is InChI=1S/C29H26N2O/c1-21-10-8-9-15-26(21)25-19-30-27(17-23-13-6-3-7-14-23)28-18-24(29(32)31(28)20-25)16-22-11-4-2-5-12-22/h2-15,18,20,32H,16-17,19H2,1H3. The fraction of sp³-hybridized carbons (Fsp3) is 0.138. The Morgan fingerprint density at radius 3 is 2.12 bits per heavy atom. The van der Waals surface area contributed by atoms with Crippen molar-refractivity contribution in [3.63, 3.8) is 0 Å². The first-order valence-electron chi connectivity index (χ1n) is 11.0. The lowest BCUT2D eigenvalue weighted by molar-refractivity contribution is 0.440. The van der Waals surface area contributed by atoms with Crippen molar-refractivity contribution in [1.82, 2.24) is 4.57 Å². The first kappa shape index (κ1) is 20.1. The monoisotopic (exact) mass is 418 g/mol. The van der Waals surface area contributed by atoms with E-state index in [1.165, 1.54) is 22.3 Å². The van der Waals surface area contributed by atoms with E-state index in [9.17, 15) is 5.11 Å². The maximum absolute atomic E-state index is 11.2. The molecule has 0 spiro atoms. The minimum atomic E-state index is 0.289. The van der Waals surface area contributed by atoms with Crippen LogP contribution in [0.25, 0.3) is 11.8 Å². The molecule has 0 saturated carbocycles. The minimum absolute atomic E-state index is 0.289. The van der Waals surface area contributed by atoms with Gasteiger partial charge in [0.05, 0.1) is 18.0 Å². The lowest BCUT2D eigenvalue weighted by atomic mass is 10.0. The number of rotatable bonds is 5. The van der Waals surface area contributed by atoms with Gasteiger partial charge in [-0.15, -0.1) is 0 Å². The molecule has 1 N–H and O–H groups in total. The predicted molar refractivity (Wildman–Crippen MR) is 132 cm³/mol. The van der Waals surface area contributed by atoms with Crippen molar-refractivity contribution < 1.29 is 5.11 Å². The van der Waals surface area contributed by atoms with Crippen LogP contribution >= 0.6 is 0 Å². The van der Waals surface area contributed by atoms with E-state index in [1.807, 2.05) is 28.8 Å². The molecular formula is C29H26N2O. The normalized spacial score (nSPS) is 13.2. The van der Waals surface area contributed by atoms with Crippen LogP contribution in [0.3, 0.4) is 0 Å². The van der Waals surface area contributed by atoms with Crippen LogP contribution in [0, 0.1) is 6.92 Å². The van der Waals surface area contributed by atoms with Gasteiger partial charge in [-0.25, -0.2) is 0 Å². The van der Waals surface area contributed by atoms with Gasteiger partial charge in [-0.3, -0.25) is 9.56 Å². The Balaban J connectivity index is 1.61. The van der Waals surface area contributed by atoms with E-state index in [-0.39, 0.29) is 5.88 Å². The zero-order valence-corrected chi connectivity index (χ0v) is 18.2. The average molecular weight is 419 g/mol. The molecule has 3 aromatic carbocycles. The summed E-state index contributed by atoms with van der Waals surface area (Å²) in [5.41, 5.74) is 8.72. The van der Waals surface area contributed by atoms with Crippen LogP contribution in [0.4, 0.5) is 0 Å². The van der Waals surface area contributed by atoms with E-state index in [2.05, 4.69) is 79.9 Å². The number of nitrogens with zero attached hydrogens (tertiary/aromatic N) is 2.